The highest BCUT2D eigenvalue weighted by atomic mass is 35.5. The Hall–Kier alpha value is 0.0900. The van der Waals surface area contributed by atoms with Crippen molar-refractivity contribution in [1.82, 2.24) is 0 Å². The quantitative estimate of drug-likeness (QED) is 0.486. The van der Waals surface area contributed by atoms with Gasteiger partial charge in [-0.1, -0.05) is 13.8 Å². The summed E-state index contributed by atoms with van der Waals surface area (Å²) >= 11 is 5.63. The molecule has 0 saturated heterocycles. The molecule has 0 radical (unpaired) electrons. The van der Waals surface area contributed by atoms with Gasteiger partial charge in [0.15, 0.2) is 0 Å². The van der Waals surface area contributed by atoms with Crippen LogP contribution in [0.5, 0.6) is 0 Å². The monoisotopic (exact) mass is 406 g/mol. The molecule has 2 fully saturated rings. The molecule has 0 aromatic heterocycles. The van der Waals surface area contributed by atoms with Crippen LogP contribution in [0.3, 0.4) is 0 Å². The van der Waals surface area contributed by atoms with Crippen LogP contribution >= 0.6 is 11.6 Å². The number of aliphatic hydroxyl groups excluding tert-OH is 3. The summed E-state index contributed by atoms with van der Waals surface area (Å²) in [6.45, 7) is 5.20. The first kappa shape index (κ1) is 23.4. The fourth-order valence-corrected chi connectivity index (χ4v) is 4.96. The average molecular weight is 407 g/mol. The molecule has 2 unspecified atom stereocenters. The molecular formula is C21H39ClO5. The SMILES string of the molecule is CC(C)(C1CCC(OCC(O)CO)CC1)C1CCC(OCC(O)CCl)CC1. The second-order valence-electron chi connectivity index (χ2n) is 9.08. The molecular weight excluding hydrogens is 368 g/mol. The van der Waals surface area contributed by atoms with Gasteiger partial charge >= 0.3 is 0 Å². The maximum absolute atomic E-state index is 9.55. The lowest BCUT2D eigenvalue weighted by Crippen LogP contribution is -2.39. The lowest BCUT2D eigenvalue weighted by molar-refractivity contribution is -0.0639. The summed E-state index contributed by atoms with van der Waals surface area (Å²) in [6, 6.07) is 0. The molecule has 2 saturated carbocycles. The second-order valence-corrected chi connectivity index (χ2v) is 9.39. The molecule has 0 aliphatic heterocycles. The van der Waals surface area contributed by atoms with Crippen LogP contribution in [0.25, 0.3) is 0 Å². The standard InChI is InChI=1S/C21H39ClO5/c1-21(2,15-3-7-19(8-4-15)26-13-17(24)11-22)16-5-9-20(10-6-16)27-14-18(25)12-23/h15-20,23-25H,3-14H2,1-2H3. The number of halogens is 1. The smallest absolute Gasteiger partial charge is 0.100 e. The molecule has 0 aromatic rings. The predicted molar refractivity (Wildman–Crippen MR) is 107 cm³/mol. The summed E-state index contributed by atoms with van der Waals surface area (Å²) < 4.78 is 11.6. The largest absolute Gasteiger partial charge is 0.394 e. The van der Waals surface area contributed by atoms with E-state index in [4.69, 9.17) is 26.2 Å². The van der Waals surface area contributed by atoms with Crippen LogP contribution < -0.4 is 0 Å². The Balaban J connectivity index is 1.72. The Kier molecular flexibility index (Phi) is 9.80. The van der Waals surface area contributed by atoms with Crippen LogP contribution in [0, 0.1) is 17.3 Å². The molecule has 5 nitrogen and oxygen atoms in total. The minimum absolute atomic E-state index is 0.218. The number of ether oxygens (including phenoxy) is 2. The van der Waals surface area contributed by atoms with Gasteiger partial charge in [0.2, 0.25) is 0 Å². The summed E-state index contributed by atoms with van der Waals surface area (Å²) in [5.41, 5.74) is 0.316. The molecule has 2 rings (SSSR count). The first-order valence-electron chi connectivity index (χ1n) is 10.6. The summed E-state index contributed by atoms with van der Waals surface area (Å²) in [6.07, 6.45) is 8.10. The zero-order chi connectivity index (χ0) is 19.9. The lowest BCUT2D eigenvalue weighted by Gasteiger charge is -2.46. The molecule has 0 heterocycles. The Morgan fingerprint density at radius 1 is 0.815 bits per heavy atom. The third-order valence-electron chi connectivity index (χ3n) is 6.89. The summed E-state index contributed by atoms with van der Waals surface area (Å²) in [5, 5.41) is 27.9. The zero-order valence-electron chi connectivity index (χ0n) is 17.0. The van der Waals surface area contributed by atoms with Crippen molar-refractivity contribution < 1.29 is 24.8 Å². The van der Waals surface area contributed by atoms with Crippen molar-refractivity contribution in [2.45, 2.75) is 89.6 Å². The van der Waals surface area contributed by atoms with E-state index in [0.717, 1.165) is 25.7 Å². The van der Waals surface area contributed by atoms with Gasteiger partial charge in [-0.2, -0.15) is 0 Å². The Labute approximate surface area is 169 Å². The fourth-order valence-electron chi connectivity index (χ4n) is 4.87. The molecule has 0 amide bonds. The van der Waals surface area contributed by atoms with E-state index < -0.39 is 12.2 Å². The second kappa shape index (κ2) is 11.3. The van der Waals surface area contributed by atoms with E-state index in [0.29, 0.717) is 23.9 Å². The van der Waals surface area contributed by atoms with Gasteiger partial charge < -0.3 is 24.8 Å². The molecule has 27 heavy (non-hydrogen) atoms. The molecule has 2 aliphatic rings. The number of rotatable bonds is 10. The van der Waals surface area contributed by atoms with E-state index in [1.54, 1.807) is 0 Å². The van der Waals surface area contributed by atoms with Crippen LogP contribution in [0.2, 0.25) is 0 Å². The van der Waals surface area contributed by atoms with Crippen LogP contribution in [0.1, 0.15) is 65.2 Å². The van der Waals surface area contributed by atoms with E-state index in [2.05, 4.69) is 13.8 Å². The third-order valence-corrected chi connectivity index (χ3v) is 7.25. The molecule has 6 heteroatoms. The van der Waals surface area contributed by atoms with E-state index in [-0.39, 0.29) is 31.3 Å². The van der Waals surface area contributed by atoms with Crippen LogP contribution in [-0.2, 0) is 9.47 Å². The number of hydrogen-bond acceptors (Lipinski definition) is 5. The Bertz CT molecular complexity index is 367. The van der Waals surface area contributed by atoms with Crippen LogP contribution in [0.4, 0.5) is 0 Å². The van der Waals surface area contributed by atoms with Gasteiger partial charge in [-0.25, -0.2) is 0 Å². The lowest BCUT2D eigenvalue weighted by atomic mass is 9.60. The molecule has 2 atom stereocenters. The van der Waals surface area contributed by atoms with E-state index in [9.17, 15) is 10.2 Å². The summed E-state index contributed by atoms with van der Waals surface area (Å²) in [7, 11) is 0. The van der Waals surface area contributed by atoms with Crippen molar-refractivity contribution in [1.29, 1.82) is 0 Å². The predicted octanol–water partition coefficient (Wildman–Crippen LogP) is 3.12. The zero-order valence-corrected chi connectivity index (χ0v) is 17.7. The number of aliphatic hydroxyl groups is 3. The molecule has 0 bridgehead atoms. The highest BCUT2D eigenvalue weighted by Gasteiger charge is 2.40. The van der Waals surface area contributed by atoms with Gasteiger partial charge in [-0.3, -0.25) is 0 Å². The minimum Gasteiger partial charge on any atom is -0.394 e. The van der Waals surface area contributed by atoms with Crippen LogP contribution in [-0.4, -0.2) is 65.4 Å². The van der Waals surface area contributed by atoms with Gasteiger partial charge in [0.05, 0.1) is 44.0 Å². The molecule has 160 valence electrons. The average Bonchev–Trinajstić information content (AvgIpc) is 2.70. The van der Waals surface area contributed by atoms with Crippen molar-refractivity contribution in [3.8, 4) is 0 Å². The van der Waals surface area contributed by atoms with Gasteiger partial charge in [0.1, 0.15) is 6.10 Å². The Morgan fingerprint density at radius 2 is 1.22 bits per heavy atom. The van der Waals surface area contributed by atoms with Crippen molar-refractivity contribution in [3.05, 3.63) is 0 Å². The normalized spacial score (nSPS) is 32.2. The first-order valence-corrected chi connectivity index (χ1v) is 11.2. The van der Waals surface area contributed by atoms with E-state index in [1.165, 1.54) is 25.7 Å². The Morgan fingerprint density at radius 3 is 1.59 bits per heavy atom. The maximum atomic E-state index is 9.55. The summed E-state index contributed by atoms with van der Waals surface area (Å²) in [5.74, 6) is 1.66. The number of hydrogen-bond donors (Lipinski definition) is 3. The first-order chi connectivity index (χ1) is 12.9. The van der Waals surface area contributed by atoms with Crippen molar-refractivity contribution in [3.63, 3.8) is 0 Å². The van der Waals surface area contributed by atoms with Crippen molar-refractivity contribution in [2.24, 2.45) is 17.3 Å². The minimum atomic E-state index is -0.762. The van der Waals surface area contributed by atoms with Gasteiger partial charge in [0, 0.05) is 0 Å². The fraction of sp³-hybridized carbons (Fsp3) is 1.00. The van der Waals surface area contributed by atoms with E-state index in [1.807, 2.05) is 0 Å². The molecule has 2 aliphatic carbocycles. The maximum Gasteiger partial charge on any atom is 0.100 e. The van der Waals surface area contributed by atoms with Gasteiger partial charge in [0.25, 0.3) is 0 Å². The topological polar surface area (TPSA) is 79.2 Å². The van der Waals surface area contributed by atoms with Crippen molar-refractivity contribution in [2.75, 3.05) is 25.7 Å². The van der Waals surface area contributed by atoms with Crippen LogP contribution in [0.15, 0.2) is 0 Å². The van der Waals surface area contributed by atoms with E-state index >= 15 is 0 Å². The third kappa shape index (κ3) is 7.13. The molecule has 3 N–H and O–H groups in total. The highest BCUT2D eigenvalue weighted by molar-refractivity contribution is 6.18. The van der Waals surface area contributed by atoms with Gasteiger partial charge in [-0.05, 0) is 68.6 Å². The van der Waals surface area contributed by atoms with Crippen molar-refractivity contribution >= 4 is 11.6 Å². The van der Waals surface area contributed by atoms with Gasteiger partial charge in [-0.15, -0.1) is 11.6 Å². The molecule has 0 spiro atoms. The summed E-state index contributed by atoms with van der Waals surface area (Å²) in [4.78, 5) is 0. The highest BCUT2D eigenvalue weighted by Crippen LogP contribution is 2.48. The molecule has 0 aromatic carbocycles. The number of alkyl halides is 1.